The van der Waals surface area contributed by atoms with Crippen LogP contribution < -0.4 is 19.1 Å². The number of amides is 2. The molecule has 5 rings (SSSR count). The van der Waals surface area contributed by atoms with E-state index in [1.165, 1.54) is 17.0 Å². The summed E-state index contributed by atoms with van der Waals surface area (Å²) < 4.78 is 40.6. The third-order valence-electron chi connectivity index (χ3n) is 8.31. The quantitative estimate of drug-likeness (QED) is 0.165. The largest absolute Gasteiger partial charge is 0.497 e. The molecule has 0 radical (unpaired) electrons. The summed E-state index contributed by atoms with van der Waals surface area (Å²) in [5.41, 5.74) is 1.07. The molecule has 0 bridgehead atoms. The molecule has 4 aromatic rings. The van der Waals surface area contributed by atoms with Gasteiger partial charge in [0.25, 0.3) is 10.0 Å². The maximum atomic E-state index is 14.4. The van der Waals surface area contributed by atoms with E-state index < -0.39 is 28.5 Å². The van der Waals surface area contributed by atoms with Crippen LogP contribution >= 0.6 is 0 Å². The number of methoxy groups -OCH3 is 1. The Morgan fingerprint density at radius 3 is 1.98 bits per heavy atom. The van der Waals surface area contributed by atoms with Gasteiger partial charge in [-0.3, -0.25) is 13.9 Å². The van der Waals surface area contributed by atoms with Gasteiger partial charge in [0, 0.05) is 12.6 Å². The van der Waals surface area contributed by atoms with Gasteiger partial charge in [-0.25, -0.2) is 8.42 Å². The first-order valence-corrected chi connectivity index (χ1v) is 17.4. The summed E-state index contributed by atoms with van der Waals surface area (Å²) in [6.07, 6.45) is 4.27. The maximum absolute atomic E-state index is 14.4. The van der Waals surface area contributed by atoms with Crippen molar-refractivity contribution in [2.45, 2.75) is 62.6 Å². The van der Waals surface area contributed by atoms with Crippen molar-refractivity contribution in [3.05, 3.63) is 115 Å². The Labute approximate surface area is 277 Å². The number of carbonyl (C=O) groups is 2. The number of nitrogens with zero attached hydrogens (tertiary/aromatic N) is 2. The molecule has 1 saturated carbocycles. The number of para-hydroxylation sites is 1. The van der Waals surface area contributed by atoms with Crippen LogP contribution in [-0.2, 0) is 26.2 Å². The van der Waals surface area contributed by atoms with Crippen molar-refractivity contribution >= 4 is 27.5 Å². The van der Waals surface area contributed by atoms with Crippen LogP contribution in [0.15, 0.2) is 114 Å². The smallest absolute Gasteiger partial charge is 0.264 e. The number of anilines is 1. The van der Waals surface area contributed by atoms with Crippen LogP contribution in [0.25, 0.3) is 0 Å². The molecule has 0 aliphatic heterocycles. The number of benzene rings is 4. The molecular weight excluding hydrogens is 614 g/mol. The molecule has 1 atom stereocenters. The van der Waals surface area contributed by atoms with Gasteiger partial charge in [0.2, 0.25) is 11.8 Å². The first-order valence-electron chi connectivity index (χ1n) is 15.9. The Hall–Kier alpha value is -4.83. The van der Waals surface area contributed by atoms with E-state index >= 15 is 0 Å². The third kappa shape index (κ3) is 8.51. The average molecular weight is 656 g/mol. The van der Waals surface area contributed by atoms with E-state index in [0.29, 0.717) is 23.7 Å². The zero-order valence-electron chi connectivity index (χ0n) is 26.7. The summed E-state index contributed by atoms with van der Waals surface area (Å²) in [5, 5.41) is 3.14. The summed E-state index contributed by atoms with van der Waals surface area (Å²) >= 11 is 0. The van der Waals surface area contributed by atoms with Crippen LogP contribution in [-0.4, -0.2) is 50.9 Å². The number of rotatable bonds is 14. The number of ether oxygens (including phenoxy) is 2. The van der Waals surface area contributed by atoms with Gasteiger partial charge >= 0.3 is 0 Å². The molecule has 1 N–H and O–H groups in total. The Morgan fingerprint density at radius 1 is 0.809 bits per heavy atom. The lowest BCUT2D eigenvalue weighted by Crippen LogP contribution is -2.53. The molecule has 1 aliphatic rings. The molecule has 2 amide bonds. The SMILES string of the molecule is CC[C@H](C(=O)NC1CCCC1)N(Cc1ccc(OC)cc1)C(=O)CN(c1ccc(Oc2ccccc2)cc1)S(=O)(=O)c1ccccc1. The fourth-order valence-electron chi connectivity index (χ4n) is 5.77. The topological polar surface area (TPSA) is 105 Å². The lowest BCUT2D eigenvalue weighted by Gasteiger charge is -2.33. The van der Waals surface area contributed by atoms with Crippen LogP contribution in [0.4, 0.5) is 5.69 Å². The molecule has 0 spiro atoms. The fraction of sp³-hybridized carbons (Fsp3) is 0.297. The number of carbonyl (C=O) groups excluding carboxylic acids is 2. The van der Waals surface area contributed by atoms with Gasteiger partial charge in [0.05, 0.1) is 17.7 Å². The molecule has 10 heteroatoms. The van der Waals surface area contributed by atoms with Gasteiger partial charge in [-0.2, -0.15) is 0 Å². The minimum Gasteiger partial charge on any atom is -0.497 e. The normalized spacial score (nSPS) is 13.8. The van der Waals surface area contributed by atoms with Crippen molar-refractivity contribution in [3.63, 3.8) is 0 Å². The molecule has 0 saturated heterocycles. The van der Waals surface area contributed by atoms with Gasteiger partial charge in [-0.1, -0.05) is 68.3 Å². The molecule has 47 heavy (non-hydrogen) atoms. The highest BCUT2D eigenvalue weighted by Gasteiger charge is 2.34. The van der Waals surface area contributed by atoms with E-state index in [0.717, 1.165) is 35.6 Å². The van der Waals surface area contributed by atoms with Crippen LogP contribution in [0.5, 0.6) is 17.2 Å². The van der Waals surface area contributed by atoms with E-state index in [-0.39, 0.29) is 29.1 Å². The van der Waals surface area contributed by atoms with Crippen molar-refractivity contribution in [1.29, 1.82) is 0 Å². The van der Waals surface area contributed by atoms with Gasteiger partial charge < -0.3 is 19.7 Å². The lowest BCUT2D eigenvalue weighted by molar-refractivity contribution is -0.140. The highest BCUT2D eigenvalue weighted by Crippen LogP contribution is 2.29. The average Bonchev–Trinajstić information content (AvgIpc) is 3.61. The predicted molar refractivity (Wildman–Crippen MR) is 182 cm³/mol. The van der Waals surface area contributed by atoms with Gasteiger partial charge in [-0.05, 0) is 85.5 Å². The second-order valence-electron chi connectivity index (χ2n) is 11.5. The summed E-state index contributed by atoms with van der Waals surface area (Å²) in [6.45, 7) is 1.46. The molecule has 0 heterocycles. The highest BCUT2D eigenvalue weighted by molar-refractivity contribution is 7.92. The van der Waals surface area contributed by atoms with Crippen molar-refractivity contribution in [2.24, 2.45) is 0 Å². The molecule has 9 nitrogen and oxygen atoms in total. The first-order chi connectivity index (χ1) is 22.8. The van der Waals surface area contributed by atoms with E-state index in [1.54, 1.807) is 61.7 Å². The summed E-state index contributed by atoms with van der Waals surface area (Å²) in [4.78, 5) is 29.6. The Kier molecular flexibility index (Phi) is 11.2. The zero-order valence-corrected chi connectivity index (χ0v) is 27.6. The van der Waals surface area contributed by atoms with Crippen LogP contribution in [0.3, 0.4) is 0 Å². The van der Waals surface area contributed by atoms with E-state index in [2.05, 4.69) is 5.32 Å². The van der Waals surface area contributed by atoms with Gasteiger partial charge in [-0.15, -0.1) is 0 Å². The Bertz CT molecular complexity index is 1710. The minimum atomic E-state index is -4.18. The van der Waals surface area contributed by atoms with Gasteiger partial charge in [0.15, 0.2) is 0 Å². The van der Waals surface area contributed by atoms with Crippen molar-refractivity contribution in [3.8, 4) is 17.2 Å². The number of sulfonamides is 1. The molecule has 1 aliphatic carbocycles. The second kappa shape index (κ2) is 15.6. The Balaban J connectivity index is 1.48. The highest BCUT2D eigenvalue weighted by atomic mass is 32.2. The van der Waals surface area contributed by atoms with E-state index in [4.69, 9.17) is 9.47 Å². The number of nitrogens with one attached hydrogen (secondary N) is 1. The molecule has 0 aromatic heterocycles. The number of hydrogen-bond donors (Lipinski definition) is 1. The summed E-state index contributed by atoms with van der Waals surface area (Å²) in [5.74, 6) is 1.08. The van der Waals surface area contributed by atoms with E-state index in [1.807, 2.05) is 49.4 Å². The molecular formula is C37H41N3O6S. The third-order valence-corrected chi connectivity index (χ3v) is 10.1. The molecule has 1 fully saturated rings. The summed E-state index contributed by atoms with van der Waals surface area (Å²) in [7, 11) is -2.60. The van der Waals surface area contributed by atoms with Crippen LogP contribution in [0.2, 0.25) is 0 Å². The van der Waals surface area contributed by atoms with Crippen LogP contribution in [0, 0.1) is 0 Å². The monoisotopic (exact) mass is 655 g/mol. The predicted octanol–water partition coefficient (Wildman–Crippen LogP) is 6.55. The lowest BCUT2D eigenvalue weighted by atomic mass is 10.1. The van der Waals surface area contributed by atoms with E-state index in [9.17, 15) is 18.0 Å². The van der Waals surface area contributed by atoms with Crippen molar-refractivity contribution in [1.82, 2.24) is 10.2 Å². The van der Waals surface area contributed by atoms with Gasteiger partial charge in [0.1, 0.15) is 29.8 Å². The van der Waals surface area contributed by atoms with Crippen LogP contribution in [0.1, 0.15) is 44.6 Å². The molecule has 4 aromatic carbocycles. The minimum absolute atomic E-state index is 0.0464. The standard InChI is InChI=1S/C37H41N3O6S/c1-3-35(37(42)38-29-12-10-11-13-29)39(26-28-18-22-31(45-2)23-19-28)36(41)27-40(47(43,44)34-16-8-5-9-17-34)30-20-24-33(25-21-30)46-32-14-6-4-7-15-32/h4-9,14-25,29,35H,3,10-13,26-27H2,1-2H3,(H,38,42)/t35-/m1/s1. The molecule has 246 valence electrons. The first kappa shape index (κ1) is 33.5. The summed E-state index contributed by atoms with van der Waals surface area (Å²) in [6, 6.07) is 30.4. The zero-order chi connectivity index (χ0) is 33.2. The van der Waals surface area contributed by atoms with Crippen molar-refractivity contribution in [2.75, 3.05) is 18.0 Å². The maximum Gasteiger partial charge on any atom is 0.264 e. The van der Waals surface area contributed by atoms with Crippen molar-refractivity contribution < 1.29 is 27.5 Å². The molecule has 0 unspecified atom stereocenters. The fourth-order valence-corrected chi connectivity index (χ4v) is 7.20. The Morgan fingerprint density at radius 2 is 1.38 bits per heavy atom. The second-order valence-corrected chi connectivity index (χ2v) is 13.4. The number of hydrogen-bond acceptors (Lipinski definition) is 6.